The summed E-state index contributed by atoms with van der Waals surface area (Å²) < 4.78 is 24.6. The Hall–Kier alpha value is -1.58. The van der Waals surface area contributed by atoms with E-state index in [9.17, 15) is 10.2 Å². The Balaban J connectivity index is 1.78. The number of rotatable bonds is 9. The number of benzene rings is 2. The van der Waals surface area contributed by atoms with E-state index < -0.39 is 39.0 Å². The second kappa shape index (κ2) is 11.2. The summed E-state index contributed by atoms with van der Waals surface area (Å²) in [6.07, 6.45) is -4.58. The molecule has 0 amide bonds. The van der Waals surface area contributed by atoms with Crippen LogP contribution in [0.2, 0.25) is 18.1 Å². The fraction of sp³-hybridized carbons (Fsp3) is 0.538. The molecule has 2 N–H and O–H groups in total. The first-order valence-corrected chi connectivity index (χ1v) is 14.5. The van der Waals surface area contributed by atoms with Crippen LogP contribution < -0.4 is 0 Å². The van der Waals surface area contributed by atoms with Crippen LogP contribution >= 0.6 is 0 Å². The van der Waals surface area contributed by atoms with Crippen molar-refractivity contribution in [1.29, 1.82) is 0 Å². The van der Waals surface area contributed by atoms with E-state index in [2.05, 4.69) is 33.9 Å². The van der Waals surface area contributed by atoms with Crippen LogP contribution in [-0.4, -0.2) is 55.8 Å². The Morgan fingerprint density at radius 2 is 1.30 bits per heavy atom. The first kappa shape index (κ1) is 26.0. The lowest BCUT2D eigenvalue weighted by atomic mass is 9.98. The Morgan fingerprint density at radius 3 is 1.79 bits per heavy atom. The molecule has 0 saturated carbocycles. The number of aliphatic hydroxyl groups excluding tert-OH is 2. The van der Waals surface area contributed by atoms with Gasteiger partial charge in [-0.3, -0.25) is 0 Å². The molecular formula is C26H38O6Si. The highest BCUT2D eigenvalue weighted by atomic mass is 28.4. The van der Waals surface area contributed by atoms with E-state index in [1.165, 1.54) is 0 Å². The number of hydrogen-bond donors (Lipinski definition) is 2. The molecule has 1 aliphatic heterocycles. The maximum Gasteiger partial charge on any atom is 0.192 e. The van der Waals surface area contributed by atoms with E-state index in [4.69, 9.17) is 18.6 Å². The van der Waals surface area contributed by atoms with Crippen molar-refractivity contribution in [3.05, 3.63) is 71.8 Å². The van der Waals surface area contributed by atoms with Gasteiger partial charge in [-0.05, 0) is 29.3 Å². The van der Waals surface area contributed by atoms with Crippen molar-refractivity contribution in [2.45, 2.75) is 82.8 Å². The van der Waals surface area contributed by atoms with Crippen molar-refractivity contribution in [2.24, 2.45) is 0 Å². The van der Waals surface area contributed by atoms with Crippen molar-refractivity contribution in [3.63, 3.8) is 0 Å². The van der Waals surface area contributed by atoms with Gasteiger partial charge in [0.15, 0.2) is 14.6 Å². The zero-order chi connectivity index (χ0) is 24.1. The predicted molar refractivity (Wildman–Crippen MR) is 130 cm³/mol. The first-order valence-electron chi connectivity index (χ1n) is 11.5. The van der Waals surface area contributed by atoms with Crippen LogP contribution in [0.5, 0.6) is 0 Å². The van der Waals surface area contributed by atoms with Gasteiger partial charge >= 0.3 is 0 Å². The van der Waals surface area contributed by atoms with Crippen molar-refractivity contribution in [3.8, 4) is 0 Å². The van der Waals surface area contributed by atoms with Gasteiger partial charge < -0.3 is 28.8 Å². The lowest BCUT2D eigenvalue weighted by Gasteiger charge is -2.44. The van der Waals surface area contributed by atoms with E-state index in [0.29, 0.717) is 6.61 Å². The molecule has 182 valence electrons. The molecule has 2 aromatic carbocycles. The summed E-state index contributed by atoms with van der Waals surface area (Å²) in [6, 6.07) is 19.6. The molecule has 0 aromatic heterocycles. The third-order valence-corrected chi connectivity index (χ3v) is 11.1. The van der Waals surface area contributed by atoms with Crippen LogP contribution in [0.4, 0.5) is 0 Å². The summed E-state index contributed by atoms with van der Waals surface area (Å²) in [5, 5.41) is 21.2. The molecule has 1 saturated heterocycles. The molecule has 1 heterocycles. The summed E-state index contributed by atoms with van der Waals surface area (Å²) >= 11 is 0. The first-order chi connectivity index (χ1) is 15.6. The Bertz CT molecular complexity index is 839. The van der Waals surface area contributed by atoms with E-state index in [1.54, 1.807) is 0 Å². The zero-order valence-electron chi connectivity index (χ0n) is 20.3. The molecule has 0 spiro atoms. The SMILES string of the molecule is CC(C)(C)[Si](C)(C)OC[C@H]1O[C@H](O)[C@H](O)[C@@H](OCc2ccccc2)[C@@H]1OCc1ccccc1. The van der Waals surface area contributed by atoms with Gasteiger partial charge in [-0.15, -0.1) is 0 Å². The average Bonchev–Trinajstić information content (AvgIpc) is 2.78. The van der Waals surface area contributed by atoms with Gasteiger partial charge in [0, 0.05) is 0 Å². The van der Waals surface area contributed by atoms with Gasteiger partial charge in [0.05, 0.1) is 19.8 Å². The summed E-state index contributed by atoms with van der Waals surface area (Å²) in [6.45, 7) is 11.7. The minimum absolute atomic E-state index is 0.0312. The highest BCUT2D eigenvalue weighted by Gasteiger charge is 2.47. The fourth-order valence-corrected chi connectivity index (χ4v) is 4.49. The number of hydrogen-bond acceptors (Lipinski definition) is 6. The largest absolute Gasteiger partial charge is 0.414 e. The number of ether oxygens (including phenoxy) is 3. The van der Waals surface area contributed by atoms with Crippen LogP contribution in [0.25, 0.3) is 0 Å². The van der Waals surface area contributed by atoms with Crippen LogP contribution in [-0.2, 0) is 31.9 Å². The van der Waals surface area contributed by atoms with Gasteiger partial charge in [0.1, 0.15) is 24.4 Å². The highest BCUT2D eigenvalue weighted by molar-refractivity contribution is 6.74. The van der Waals surface area contributed by atoms with Crippen LogP contribution in [0.15, 0.2) is 60.7 Å². The summed E-state index contributed by atoms with van der Waals surface area (Å²) in [4.78, 5) is 0. The highest BCUT2D eigenvalue weighted by Crippen LogP contribution is 2.37. The molecule has 3 rings (SSSR count). The Labute approximate surface area is 198 Å². The van der Waals surface area contributed by atoms with E-state index in [1.807, 2.05) is 60.7 Å². The third kappa shape index (κ3) is 6.96. The second-order valence-corrected chi connectivity index (χ2v) is 15.0. The van der Waals surface area contributed by atoms with Crippen molar-refractivity contribution in [1.82, 2.24) is 0 Å². The molecule has 5 atom stereocenters. The van der Waals surface area contributed by atoms with Gasteiger partial charge in [-0.2, -0.15) is 0 Å². The zero-order valence-corrected chi connectivity index (χ0v) is 21.3. The van der Waals surface area contributed by atoms with Crippen LogP contribution in [0.1, 0.15) is 31.9 Å². The third-order valence-electron chi connectivity index (χ3n) is 6.62. The average molecular weight is 475 g/mol. The van der Waals surface area contributed by atoms with Gasteiger partial charge in [-0.25, -0.2) is 0 Å². The molecule has 0 radical (unpaired) electrons. The lowest BCUT2D eigenvalue weighted by Crippen LogP contribution is -2.61. The molecule has 2 aromatic rings. The summed E-state index contributed by atoms with van der Waals surface area (Å²) in [7, 11) is -2.06. The van der Waals surface area contributed by atoms with Crippen LogP contribution in [0.3, 0.4) is 0 Å². The molecule has 1 aliphatic rings. The lowest BCUT2D eigenvalue weighted by molar-refractivity contribution is -0.304. The Kier molecular flexibility index (Phi) is 8.86. The Morgan fingerprint density at radius 1 is 0.818 bits per heavy atom. The molecule has 0 unspecified atom stereocenters. The monoisotopic (exact) mass is 474 g/mol. The minimum atomic E-state index is -2.06. The molecule has 6 nitrogen and oxygen atoms in total. The molecule has 0 bridgehead atoms. The molecule has 1 fully saturated rings. The molecule has 7 heteroatoms. The molecular weight excluding hydrogens is 436 g/mol. The quantitative estimate of drug-likeness (QED) is 0.529. The van der Waals surface area contributed by atoms with Crippen molar-refractivity contribution in [2.75, 3.05) is 6.61 Å². The molecule has 33 heavy (non-hydrogen) atoms. The summed E-state index contributed by atoms with van der Waals surface area (Å²) in [5.74, 6) is 0. The maximum absolute atomic E-state index is 10.7. The summed E-state index contributed by atoms with van der Waals surface area (Å²) in [5.41, 5.74) is 1.98. The standard InChI is InChI=1S/C26H38O6Si/c1-26(2,3)33(4,5)31-18-21-23(29-16-19-12-8-6-9-13-19)24(22(27)25(28)32-21)30-17-20-14-10-7-11-15-20/h6-15,21-25,27-28H,16-18H2,1-5H3/t21-,22-,23-,24-,25+/m1/s1. The van der Waals surface area contributed by atoms with E-state index in [0.717, 1.165) is 11.1 Å². The number of aliphatic hydroxyl groups is 2. The second-order valence-electron chi connectivity index (χ2n) is 10.1. The fourth-order valence-electron chi connectivity index (χ4n) is 3.48. The minimum Gasteiger partial charge on any atom is -0.414 e. The van der Waals surface area contributed by atoms with Crippen molar-refractivity contribution < 1.29 is 28.8 Å². The smallest absolute Gasteiger partial charge is 0.192 e. The van der Waals surface area contributed by atoms with Gasteiger partial charge in [0.2, 0.25) is 0 Å². The molecule has 0 aliphatic carbocycles. The van der Waals surface area contributed by atoms with E-state index in [-0.39, 0.29) is 18.3 Å². The maximum atomic E-state index is 10.7. The normalized spacial score (nSPS) is 26.3. The topological polar surface area (TPSA) is 77.4 Å². The van der Waals surface area contributed by atoms with E-state index >= 15 is 0 Å². The van der Waals surface area contributed by atoms with Crippen molar-refractivity contribution >= 4 is 8.32 Å². The van der Waals surface area contributed by atoms with Gasteiger partial charge in [-0.1, -0.05) is 81.4 Å². The predicted octanol–water partition coefficient (Wildman–Crippen LogP) is 4.26. The van der Waals surface area contributed by atoms with Gasteiger partial charge in [0.25, 0.3) is 0 Å². The van der Waals surface area contributed by atoms with Crippen LogP contribution in [0, 0.1) is 0 Å².